The van der Waals surface area contributed by atoms with E-state index in [0.717, 1.165) is 35.0 Å². The monoisotopic (exact) mass is 435 g/mol. The zero-order valence-corrected chi connectivity index (χ0v) is 18.1. The van der Waals surface area contributed by atoms with Crippen molar-refractivity contribution in [3.8, 4) is 11.4 Å². The Balaban J connectivity index is 1.28. The molecular formula is C23H22ClN5O2. The summed E-state index contributed by atoms with van der Waals surface area (Å²) >= 11 is 5.92. The Morgan fingerprint density at radius 2 is 1.87 bits per heavy atom. The standard InChI is InChI=1S/C23H22ClN5O2/c1-14-19-8-5-17(13-20(19)28(2)26-14)21-25-22(31-27-21)15-9-11-29(12-10-15)23(30)16-3-6-18(24)7-4-16/h3-8,13,15H,9-12H2,1-2H3. The summed E-state index contributed by atoms with van der Waals surface area (Å²) in [4.78, 5) is 19.2. The van der Waals surface area contributed by atoms with Crippen LogP contribution < -0.4 is 0 Å². The van der Waals surface area contributed by atoms with Crippen LogP contribution in [0.4, 0.5) is 0 Å². The normalized spacial score (nSPS) is 15.0. The average molecular weight is 436 g/mol. The summed E-state index contributed by atoms with van der Waals surface area (Å²) < 4.78 is 7.46. The maximum absolute atomic E-state index is 12.7. The van der Waals surface area contributed by atoms with Gasteiger partial charge < -0.3 is 9.42 Å². The third kappa shape index (κ3) is 3.70. The van der Waals surface area contributed by atoms with Gasteiger partial charge in [0.15, 0.2) is 0 Å². The van der Waals surface area contributed by atoms with Crippen LogP contribution in [-0.4, -0.2) is 43.8 Å². The maximum Gasteiger partial charge on any atom is 0.253 e. The first-order chi connectivity index (χ1) is 15.0. The molecule has 2 aromatic carbocycles. The Bertz CT molecular complexity index is 1250. The molecule has 2 aromatic heterocycles. The predicted molar refractivity (Wildman–Crippen MR) is 118 cm³/mol. The van der Waals surface area contributed by atoms with Gasteiger partial charge in [-0.3, -0.25) is 9.48 Å². The molecule has 1 aliphatic heterocycles. The number of likely N-dealkylation sites (tertiary alicyclic amines) is 1. The molecule has 3 heterocycles. The van der Waals surface area contributed by atoms with E-state index >= 15 is 0 Å². The van der Waals surface area contributed by atoms with E-state index in [1.807, 2.05) is 41.8 Å². The summed E-state index contributed by atoms with van der Waals surface area (Å²) in [7, 11) is 1.93. The third-order valence-corrected chi connectivity index (χ3v) is 6.21. The second-order valence-electron chi connectivity index (χ2n) is 7.97. The third-order valence-electron chi connectivity index (χ3n) is 5.96. The van der Waals surface area contributed by atoms with Gasteiger partial charge in [0.2, 0.25) is 11.7 Å². The number of carbonyl (C=O) groups excluding carboxylic acids is 1. The number of fused-ring (bicyclic) bond motifs is 1. The molecule has 8 heteroatoms. The van der Waals surface area contributed by atoms with Crippen LogP contribution in [0.25, 0.3) is 22.3 Å². The molecule has 1 fully saturated rings. The number of benzene rings is 2. The predicted octanol–water partition coefficient (Wildman–Crippen LogP) is 4.60. The van der Waals surface area contributed by atoms with Crippen LogP contribution in [0.5, 0.6) is 0 Å². The quantitative estimate of drug-likeness (QED) is 0.469. The molecule has 31 heavy (non-hydrogen) atoms. The molecule has 0 atom stereocenters. The van der Waals surface area contributed by atoms with Gasteiger partial charge >= 0.3 is 0 Å². The van der Waals surface area contributed by atoms with Crippen LogP contribution in [0, 0.1) is 6.92 Å². The second-order valence-corrected chi connectivity index (χ2v) is 8.41. The molecule has 158 valence electrons. The van der Waals surface area contributed by atoms with Gasteiger partial charge in [-0.15, -0.1) is 0 Å². The van der Waals surface area contributed by atoms with E-state index in [1.165, 1.54) is 0 Å². The minimum absolute atomic E-state index is 0.0288. The molecule has 0 spiro atoms. The van der Waals surface area contributed by atoms with E-state index in [-0.39, 0.29) is 11.8 Å². The number of hydrogen-bond donors (Lipinski definition) is 0. The highest BCUT2D eigenvalue weighted by atomic mass is 35.5. The fourth-order valence-electron chi connectivity index (χ4n) is 4.20. The number of aromatic nitrogens is 4. The number of hydrogen-bond acceptors (Lipinski definition) is 5. The SMILES string of the molecule is Cc1nn(C)c2cc(-c3noc(C4CCN(C(=O)c5ccc(Cl)cc5)CC4)n3)ccc12. The molecule has 0 radical (unpaired) electrons. The minimum Gasteiger partial charge on any atom is -0.339 e. The van der Waals surface area contributed by atoms with E-state index in [0.29, 0.717) is 35.4 Å². The molecule has 0 N–H and O–H groups in total. The first-order valence-electron chi connectivity index (χ1n) is 10.3. The average Bonchev–Trinajstić information content (AvgIpc) is 3.39. The summed E-state index contributed by atoms with van der Waals surface area (Å²) in [5, 5.41) is 10.4. The van der Waals surface area contributed by atoms with Crippen molar-refractivity contribution in [2.75, 3.05) is 13.1 Å². The number of carbonyl (C=O) groups is 1. The largest absolute Gasteiger partial charge is 0.339 e. The zero-order chi connectivity index (χ0) is 21.5. The van der Waals surface area contributed by atoms with E-state index in [2.05, 4.69) is 15.2 Å². The van der Waals surface area contributed by atoms with E-state index in [9.17, 15) is 4.79 Å². The first kappa shape index (κ1) is 19.8. The molecule has 5 rings (SSSR count). The number of amides is 1. The highest BCUT2D eigenvalue weighted by molar-refractivity contribution is 6.30. The van der Waals surface area contributed by atoms with Crippen molar-refractivity contribution in [2.24, 2.45) is 7.05 Å². The van der Waals surface area contributed by atoms with Gasteiger partial charge in [-0.05, 0) is 50.1 Å². The van der Waals surface area contributed by atoms with Crippen LogP contribution in [0.3, 0.4) is 0 Å². The smallest absolute Gasteiger partial charge is 0.253 e. The maximum atomic E-state index is 12.7. The van der Waals surface area contributed by atoms with Crippen molar-refractivity contribution in [1.82, 2.24) is 24.8 Å². The molecule has 0 aliphatic carbocycles. The van der Waals surface area contributed by atoms with Crippen LogP contribution >= 0.6 is 11.6 Å². The fraction of sp³-hybridized carbons (Fsp3) is 0.304. The summed E-state index contributed by atoms with van der Waals surface area (Å²) in [5.74, 6) is 1.39. The van der Waals surface area contributed by atoms with Gasteiger partial charge in [0.25, 0.3) is 5.91 Å². The van der Waals surface area contributed by atoms with Crippen molar-refractivity contribution >= 4 is 28.4 Å². The number of rotatable bonds is 3. The Kier molecular flexibility index (Phi) is 4.98. The van der Waals surface area contributed by atoms with Crippen molar-refractivity contribution in [2.45, 2.75) is 25.7 Å². The molecule has 4 aromatic rings. The molecule has 1 saturated heterocycles. The lowest BCUT2D eigenvalue weighted by Gasteiger charge is -2.30. The summed E-state index contributed by atoms with van der Waals surface area (Å²) in [6.07, 6.45) is 1.59. The van der Waals surface area contributed by atoms with Gasteiger partial charge in [-0.25, -0.2) is 0 Å². The Hall–Kier alpha value is -3.19. The molecule has 0 saturated carbocycles. The Labute approximate surface area is 184 Å². The number of halogens is 1. The van der Waals surface area contributed by atoms with Crippen molar-refractivity contribution in [3.05, 3.63) is 64.6 Å². The van der Waals surface area contributed by atoms with Gasteiger partial charge in [0, 0.05) is 47.6 Å². The van der Waals surface area contributed by atoms with E-state index in [1.54, 1.807) is 24.3 Å². The van der Waals surface area contributed by atoms with Gasteiger partial charge in [0.1, 0.15) is 0 Å². The van der Waals surface area contributed by atoms with Crippen molar-refractivity contribution in [1.29, 1.82) is 0 Å². The second kappa shape index (κ2) is 7.81. The summed E-state index contributed by atoms with van der Waals surface area (Å²) in [6, 6.07) is 13.1. The van der Waals surface area contributed by atoms with Crippen LogP contribution in [0.2, 0.25) is 5.02 Å². The van der Waals surface area contributed by atoms with Gasteiger partial charge in [-0.2, -0.15) is 10.1 Å². The van der Waals surface area contributed by atoms with Crippen LogP contribution in [0.1, 0.15) is 40.7 Å². The first-order valence-corrected chi connectivity index (χ1v) is 10.7. The van der Waals surface area contributed by atoms with Crippen molar-refractivity contribution < 1.29 is 9.32 Å². The van der Waals surface area contributed by atoms with Crippen molar-refractivity contribution in [3.63, 3.8) is 0 Å². The highest BCUT2D eigenvalue weighted by Crippen LogP contribution is 2.30. The highest BCUT2D eigenvalue weighted by Gasteiger charge is 2.28. The van der Waals surface area contributed by atoms with Crippen LogP contribution in [-0.2, 0) is 7.05 Å². The Morgan fingerprint density at radius 1 is 1.13 bits per heavy atom. The number of nitrogens with zero attached hydrogens (tertiary/aromatic N) is 5. The zero-order valence-electron chi connectivity index (χ0n) is 17.4. The minimum atomic E-state index is 0.0288. The molecule has 7 nitrogen and oxygen atoms in total. The van der Waals surface area contributed by atoms with Gasteiger partial charge in [-0.1, -0.05) is 28.9 Å². The lowest BCUT2D eigenvalue weighted by molar-refractivity contribution is 0.0704. The van der Waals surface area contributed by atoms with Gasteiger partial charge in [0.05, 0.1) is 11.2 Å². The number of piperidine rings is 1. The molecule has 1 amide bonds. The topological polar surface area (TPSA) is 77.0 Å². The molecule has 0 bridgehead atoms. The summed E-state index contributed by atoms with van der Waals surface area (Å²) in [5.41, 5.74) is 3.60. The number of aryl methyl sites for hydroxylation is 2. The molecule has 1 aliphatic rings. The lowest BCUT2D eigenvalue weighted by Crippen LogP contribution is -2.37. The fourth-order valence-corrected chi connectivity index (χ4v) is 4.33. The lowest BCUT2D eigenvalue weighted by atomic mass is 9.96. The Morgan fingerprint density at radius 3 is 2.61 bits per heavy atom. The molecular weight excluding hydrogens is 414 g/mol. The summed E-state index contributed by atoms with van der Waals surface area (Å²) in [6.45, 7) is 3.31. The molecule has 0 unspecified atom stereocenters. The van der Waals surface area contributed by atoms with Crippen LogP contribution in [0.15, 0.2) is 47.0 Å². The van der Waals surface area contributed by atoms with E-state index in [4.69, 9.17) is 16.1 Å². The van der Waals surface area contributed by atoms with E-state index < -0.39 is 0 Å².